The summed E-state index contributed by atoms with van der Waals surface area (Å²) in [5.41, 5.74) is 5.15. The van der Waals surface area contributed by atoms with Gasteiger partial charge in [-0.15, -0.1) is 0 Å². The van der Waals surface area contributed by atoms with Crippen LogP contribution in [0.5, 0.6) is 11.5 Å². The normalized spacial score (nSPS) is 10.8. The van der Waals surface area contributed by atoms with Crippen molar-refractivity contribution < 1.29 is 14.3 Å². The van der Waals surface area contributed by atoms with Crippen LogP contribution in [0.3, 0.4) is 0 Å². The van der Waals surface area contributed by atoms with Gasteiger partial charge in [0, 0.05) is 18.3 Å². The van der Waals surface area contributed by atoms with E-state index >= 15 is 0 Å². The van der Waals surface area contributed by atoms with E-state index in [0.29, 0.717) is 11.5 Å². The SMILES string of the molecule is COc1ccccc1OCC(=O)N/N=C\c1c(C)nn(C)c1C. The summed E-state index contributed by atoms with van der Waals surface area (Å²) in [7, 11) is 3.41. The average molecular weight is 316 g/mol. The van der Waals surface area contributed by atoms with E-state index in [1.54, 1.807) is 30.1 Å². The maximum absolute atomic E-state index is 11.8. The van der Waals surface area contributed by atoms with Crippen molar-refractivity contribution in [1.29, 1.82) is 0 Å². The Morgan fingerprint density at radius 2 is 2.04 bits per heavy atom. The van der Waals surface area contributed by atoms with Gasteiger partial charge >= 0.3 is 0 Å². The number of carbonyl (C=O) groups is 1. The van der Waals surface area contributed by atoms with Crippen molar-refractivity contribution in [3.05, 3.63) is 41.2 Å². The lowest BCUT2D eigenvalue weighted by Crippen LogP contribution is -2.24. The highest BCUT2D eigenvalue weighted by Crippen LogP contribution is 2.25. The Labute approximate surface area is 134 Å². The number of hydrogen-bond donors (Lipinski definition) is 1. The number of hydrazone groups is 1. The zero-order chi connectivity index (χ0) is 16.8. The van der Waals surface area contributed by atoms with Gasteiger partial charge in [0.15, 0.2) is 18.1 Å². The molecular weight excluding hydrogens is 296 g/mol. The molecule has 1 aromatic heterocycles. The van der Waals surface area contributed by atoms with Crippen molar-refractivity contribution in [2.24, 2.45) is 12.1 Å². The molecule has 0 saturated carbocycles. The molecule has 1 aromatic carbocycles. The Morgan fingerprint density at radius 1 is 1.35 bits per heavy atom. The summed E-state index contributed by atoms with van der Waals surface area (Å²) in [4.78, 5) is 11.8. The minimum absolute atomic E-state index is 0.150. The Hall–Kier alpha value is -2.83. The first-order chi connectivity index (χ1) is 11.0. The topological polar surface area (TPSA) is 77.7 Å². The molecule has 122 valence electrons. The molecule has 0 aliphatic carbocycles. The fraction of sp³-hybridized carbons (Fsp3) is 0.312. The monoisotopic (exact) mass is 316 g/mol. The van der Waals surface area contributed by atoms with Crippen molar-refractivity contribution in [3.8, 4) is 11.5 Å². The van der Waals surface area contributed by atoms with Crippen LogP contribution in [0.25, 0.3) is 0 Å². The second kappa shape index (κ2) is 7.44. The van der Waals surface area contributed by atoms with Crippen LogP contribution in [0, 0.1) is 13.8 Å². The molecule has 7 nitrogen and oxygen atoms in total. The van der Waals surface area contributed by atoms with Crippen molar-refractivity contribution in [1.82, 2.24) is 15.2 Å². The summed E-state index contributed by atoms with van der Waals surface area (Å²) in [6.07, 6.45) is 1.58. The van der Waals surface area contributed by atoms with Crippen molar-refractivity contribution in [2.75, 3.05) is 13.7 Å². The molecule has 1 amide bonds. The van der Waals surface area contributed by atoms with Gasteiger partial charge in [-0.05, 0) is 26.0 Å². The Kier molecular flexibility index (Phi) is 5.35. The average Bonchev–Trinajstić information content (AvgIpc) is 2.79. The third-order valence-corrected chi connectivity index (χ3v) is 3.38. The van der Waals surface area contributed by atoms with E-state index in [9.17, 15) is 4.79 Å². The number of nitrogens with zero attached hydrogens (tertiary/aromatic N) is 3. The summed E-state index contributed by atoms with van der Waals surface area (Å²) in [5, 5.41) is 8.22. The molecule has 0 atom stereocenters. The van der Waals surface area contributed by atoms with E-state index in [1.807, 2.05) is 33.0 Å². The molecule has 2 aromatic rings. The lowest BCUT2D eigenvalue weighted by molar-refractivity contribution is -0.123. The van der Waals surface area contributed by atoms with Gasteiger partial charge < -0.3 is 9.47 Å². The molecule has 0 saturated heterocycles. The van der Waals surface area contributed by atoms with E-state index in [4.69, 9.17) is 9.47 Å². The summed E-state index contributed by atoms with van der Waals surface area (Å²) < 4.78 is 12.3. The lowest BCUT2D eigenvalue weighted by atomic mass is 10.2. The van der Waals surface area contributed by atoms with Crippen molar-refractivity contribution in [3.63, 3.8) is 0 Å². The maximum atomic E-state index is 11.8. The molecular formula is C16H20N4O3. The number of benzene rings is 1. The number of aromatic nitrogens is 2. The van der Waals surface area contributed by atoms with Gasteiger partial charge in [-0.2, -0.15) is 10.2 Å². The highest BCUT2D eigenvalue weighted by Gasteiger charge is 2.08. The molecule has 0 spiro atoms. The number of amides is 1. The quantitative estimate of drug-likeness (QED) is 0.648. The minimum atomic E-state index is -0.355. The first-order valence-corrected chi connectivity index (χ1v) is 7.11. The van der Waals surface area contributed by atoms with Crippen LogP contribution in [0.1, 0.15) is 17.0 Å². The van der Waals surface area contributed by atoms with Crippen LogP contribution in [0.15, 0.2) is 29.4 Å². The number of rotatable bonds is 6. The third kappa shape index (κ3) is 4.09. The highest BCUT2D eigenvalue weighted by molar-refractivity contribution is 5.84. The molecule has 0 unspecified atom stereocenters. The molecule has 23 heavy (non-hydrogen) atoms. The van der Waals surface area contributed by atoms with Gasteiger partial charge in [-0.3, -0.25) is 9.48 Å². The Balaban J connectivity index is 1.89. The molecule has 2 rings (SSSR count). The predicted octanol–water partition coefficient (Wildman–Crippen LogP) is 1.57. The van der Waals surface area contributed by atoms with Gasteiger partial charge in [0.05, 0.1) is 19.0 Å². The molecule has 0 aliphatic rings. The smallest absolute Gasteiger partial charge is 0.277 e. The first-order valence-electron chi connectivity index (χ1n) is 7.11. The van der Waals surface area contributed by atoms with E-state index in [1.165, 1.54) is 0 Å². The first kappa shape index (κ1) is 16.5. The maximum Gasteiger partial charge on any atom is 0.277 e. The second-order valence-electron chi connectivity index (χ2n) is 4.94. The van der Waals surface area contributed by atoms with Crippen LogP contribution in [0.2, 0.25) is 0 Å². The van der Waals surface area contributed by atoms with Crippen molar-refractivity contribution in [2.45, 2.75) is 13.8 Å². The molecule has 7 heteroatoms. The predicted molar refractivity (Wildman–Crippen MR) is 86.9 cm³/mol. The zero-order valence-corrected chi connectivity index (χ0v) is 13.7. The highest BCUT2D eigenvalue weighted by atomic mass is 16.5. The fourth-order valence-electron chi connectivity index (χ4n) is 2.06. The number of methoxy groups -OCH3 is 1. The largest absolute Gasteiger partial charge is 0.493 e. The van der Waals surface area contributed by atoms with E-state index in [-0.39, 0.29) is 12.5 Å². The third-order valence-electron chi connectivity index (χ3n) is 3.38. The number of carbonyl (C=O) groups excluding carboxylic acids is 1. The van der Waals surface area contributed by atoms with Gasteiger partial charge in [0.25, 0.3) is 5.91 Å². The van der Waals surface area contributed by atoms with Crippen LogP contribution in [-0.2, 0) is 11.8 Å². The number of aryl methyl sites for hydroxylation is 2. The molecule has 0 radical (unpaired) electrons. The van der Waals surface area contributed by atoms with Crippen LogP contribution in [-0.4, -0.2) is 35.6 Å². The van der Waals surface area contributed by atoms with Crippen LogP contribution in [0.4, 0.5) is 0 Å². The molecule has 0 bridgehead atoms. The summed E-state index contributed by atoms with van der Waals surface area (Å²) >= 11 is 0. The number of nitrogens with one attached hydrogen (secondary N) is 1. The summed E-state index contributed by atoms with van der Waals surface area (Å²) in [6, 6.07) is 7.13. The van der Waals surface area contributed by atoms with Crippen LogP contribution < -0.4 is 14.9 Å². The number of hydrogen-bond acceptors (Lipinski definition) is 5. The van der Waals surface area contributed by atoms with Gasteiger partial charge in [-0.25, -0.2) is 5.43 Å². The van der Waals surface area contributed by atoms with E-state index in [2.05, 4.69) is 15.6 Å². The molecule has 1 N–H and O–H groups in total. The molecule has 1 heterocycles. The Morgan fingerprint density at radius 3 is 2.65 bits per heavy atom. The molecule has 0 fully saturated rings. The van der Waals surface area contributed by atoms with Crippen LogP contribution >= 0.6 is 0 Å². The fourth-order valence-corrected chi connectivity index (χ4v) is 2.06. The van der Waals surface area contributed by atoms with Crippen molar-refractivity contribution >= 4 is 12.1 Å². The Bertz CT molecular complexity index is 722. The van der Waals surface area contributed by atoms with Gasteiger partial charge in [-0.1, -0.05) is 12.1 Å². The number of ether oxygens (including phenoxy) is 2. The zero-order valence-electron chi connectivity index (χ0n) is 13.7. The standard InChI is InChI=1S/C16H20N4O3/c1-11-13(12(2)20(3)19-11)9-17-18-16(21)10-23-15-8-6-5-7-14(15)22-4/h5-9H,10H2,1-4H3,(H,18,21)/b17-9-. The number of para-hydroxylation sites is 2. The summed E-state index contributed by atoms with van der Waals surface area (Å²) in [5.74, 6) is 0.727. The lowest BCUT2D eigenvalue weighted by Gasteiger charge is -2.09. The van der Waals surface area contributed by atoms with Gasteiger partial charge in [0.2, 0.25) is 0 Å². The summed E-state index contributed by atoms with van der Waals surface area (Å²) in [6.45, 7) is 3.68. The van der Waals surface area contributed by atoms with Gasteiger partial charge in [0.1, 0.15) is 0 Å². The second-order valence-corrected chi connectivity index (χ2v) is 4.94. The minimum Gasteiger partial charge on any atom is -0.493 e. The van der Waals surface area contributed by atoms with E-state index in [0.717, 1.165) is 17.0 Å². The molecule has 0 aliphatic heterocycles. The van der Waals surface area contributed by atoms with E-state index < -0.39 is 0 Å².